The van der Waals surface area contributed by atoms with Crippen LogP contribution in [-0.2, 0) is 0 Å². The largest absolute Gasteiger partial charge is 0.221 e. The maximum absolute atomic E-state index is 6.10. The van der Waals surface area contributed by atoms with Gasteiger partial charge in [-0.15, -0.1) is 0 Å². The monoisotopic (exact) mass is 246 g/mol. The van der Waals surface area contributed by atoms with E-state index < -0.39 is 0 Å². The minimum absolute atomic E-state index is 0.246. The average molecular weight is 247 g/mol. The first-order chi connectivity index (χ1) is 6.97. The smallest absolute Gasteiger partial charge is 0.137 e. The minimum Gasteiger partial charge on any atom is -0.221 e. The molecule has 0 aliphatic carbocycles. The Morgan fingerprint density at radius 1 is 1.07 bits per heavy atom. The van der Waals surface area contributed by atoms with Gasteiger partial charge in [-0.2, -0.15) is 0 Å². The fourth-order valence-corrected chi connectivity index (χ4v) is 2.15. The van der Waals surface area contributed by atoms with Gasteiger partial charge < -0.3 is 0 Å². The summed E-state index contributed by atoms with van der Waals surface area (Å²) in [5, 5.41) is 0.973. The van der Waals surface area contributed by atoms with E-state index >= 15 is 0 Å². The highest BCUT2D eigenvalue weighted by Crippen LogP contribution is 2.30. The molecule has 2 nitrogen and oxygen atoms in total. The third-order valence-electron chi connectivity index (χ3n) is 2.50. The van der Waals surface area contributed by atoms with Gasteiger partial charge in [0.2, 0.25) is 0 Å². The molecule has 0 fully saturated rings. The van der Waals surface area contributed by atoms with E-state index in [4.69, 9.17) is 23.2 Å². The van der Waals surface area contributed by atoms with Crippen molar-refractivity contribution < 1.29 is 0 Å². The summed E-state index contributed by atoms with van der Waals surface area (Å²) in [5.41, 5.74) is 0.838. The van der Waals surface area contributed by atoms with Crippen molar-refractivity contribution in [2.45, 2.75) is 46.0 Å². The van der Waals surface area contributed by atoms with E-state index in [0.29, 0.717) is 16.2 Å². The SMILES string of the molecule is CCC(C)c1nc(Cl)c(C(C)C)c(Cl)n1. The van der Waals surface area contributed by atoms with E-state index in [1.807, 2.05) is 13.8 Å². The summed E-state index contributed by atoms with van der Waals surface area (Å²) in [4.78, 5) is 8.59. The predicted octanol–water partition coefficient (Wildman–Crippen LogP) is 4.42. The van der Waals surface area contributed by atoms with Crippen LogP contribution in [0.3, 0.4) is 0 Å². The van der Waals surface area contributed by atoms with Gasteiger partial charge in [0.25, 0.3) is 0 Å². The summed E-state index contributed by atoms with van der Waals surface area (Å²) in [6.07, 6.45) is 0.980. The first kappa shape index (κ1) is 12.7. The molecule has 0 spiro atoms. The lowest BCUT2D eigenvalue weighted by Gasteiger charge is -2.13. The van der Waals surface area contributed by atoms with Crippen LogP contribution < -0.4 is 0 Å². The molecule has 0 aliphatic rings. The zero-order valence-electron chi connectivity index (χ0n) is 9.51. The van der Waals surface area contributed by atoms with Crippen LogP contribution in [0.5, 0.6) is 0 Å². The fraction of sp³-hybridized carbons (Fsp3) is 0.636. The number of halogens is 2. The second-order valence-corrected chi connectivity index (χ2v) is 4.76. The molecular weight excluding hydrogens is 231 g/mol. The summed E-state index contributed by atoms with van der Waals surface area (Å²) < 4.78 is 0. The molecule has 1 atom stereocenters. The molecular formula is C11H16Cl2N2. The zero-order chi connectivity index (χ0) is 11.6. The highest BCUT2D eigenvalue weighted by atomic mass is 35.5. The summed E-state index contributed by atoms with van der Waals surface area (Å²) in [5.74, 6) is 1.27. The third-order valence-corrected chi connectivity index (χ3v) is 3.08. The maximum atomic E-state index is 6.10. The standard InChI is InChI=1S/C11H16Cl2N2/c1-5-7(4)11-14-9(12)8(6(2)3)10(13)15-11/h6-7H,5H2,1-4H3. The summed E-state index contributed by atoms with van der Waals surface area (Å²) >= 11 is 12.2. The Bertz CT molecular complexity index is 327. The molecule has 15 heavy (non-hydrogen) atoms. The van der Waals surface area contributed by atoms with Crippen molar-refractivity contribution in [2.75, 3.05) is 0 Å². The number of hydrogen-bond acceptors (Lipinski definition) is 2. The van der Waals surface area contributed by atoms with E-state index in [2.05, 4.69) is 23.8 Å². The minimum atomic E-state index is 0.246. The van der Waals surface area contributed by atoms with E-state index in [1.54, 1.807) is 0 Å². The van der Waals surface area contributed by atoms with E-state index in [0.717, 1.165) is 17.8 Å². The number of rotatable bonds is 3. The van der Waals surface area contributed by atoms with Crippen LogP contribution in [0.25, 0.3) is 0 Å². The predicted molar refractivity (Wildman–Crippen MR) is 64.8 cm³/mol. The van der Waals surface area contributed by atoms with Gasteiger partial charge in [-0.25, -0.2) is 9.97 Å². The van der Waals surface area contributed by atoms with Crippen molar-refractivity contribution in [1.29, 1.82) is 0 Å². The Balaban J connectivity index is 3.19. The second kappa shape index (κ2) is 5.13. The summed E-state index contributed by atoms with van der Waals surface area (Å²) in [7, 11) is 0. The Morgan fingerprint density at radius 3 is 1.87 bits per heavy atom. The van der Waals surface area contributed by atoms with E-state index in [-0.39, 0.29) is 5.92 Å². The van der Waals surface area contributed by atoms with Crippen molar-refractivity contribution in [3.63, 3.8) is 0 Å². The van der Waals surface area contributed by atoms with Crippen LogP contribution >= 0.6 is 23.2 Å². The van der Waals surface area contributed by atoms with Gasteiger partial charge in [0.1, 0.15) is 16.1 Å². The molecule has 1 aromatic heterocycles. The molecule has 84 valence electrons. The van der Waals surface area contributed by atoms with Crippen LogP contribution in [0.4, 0.5) is 0 Å². The molecule has 1 heterocycles. The Hall–Kier alpha value is -0.340. The van der Waals surface area contributed by atoms with Crippen LogP contribution in [0.2, 0.25) is 10.3 Å². The Kier molecular flexibility index (Phi) is 4.35. The third kappa shape index (κ3) is 2.82. The lowest BCUT2D eigenvalue weighted by atomic mass is 10.1. The van der Waals surface area contributed by atoms with E-state index in [9.17, 15) is 0 Å². The van der Waals surface area contributed by atoms with Crippen LogP contribution in [0, 0.1) is 0 Å². The van der Waals surface area contributed by atoms with Gasteiger partial charge in [-0.3, -0.25) is 0 Å². The molecule has 4 heteroatoms. The molecule has 0 aliphatic heterocycles. The van der Waals surface area contributed by atoms with Crippen molar-refractivity contribution in [3.05, 3.63) is 21.7 Å². The molecule has 1 aromatic rings. The summed E-state index contributed by atoms with van der Waals surface area (Å²) in [6, 6.07) is 0. The molecule has 0 N–H and O–H groups in total. The number of nitrogens with zero attached hydrogens (tertiary/aromatic N) is 2. The normalized spacial score (nSPS) is 13.3. The highest BCUT2D eigenvalue weighted by molar-refractivity contribution is 6.34. The van der Waals surface area contributed by atoms with Gasteiger partial charge in [-0.05, 0) is 12.3 Å². The second-order valence-electron chi connectivity index (χ2n) is 4.04. The van der Waals surface area contributed by atoms with Gasteiger partial charge in [0.05, 0.1) is 0 Å². The first-order valence-electron chi connectivity index (χ1n) is 5.20. The van der Waals surface area contributed by atoms with Crippen molar-refractivity contribution >= 4 is 23.2 Å². The van der Waals surface area contributed by atoms with Gasteiger partial charge in [0.15, 0.2) is 0 Å². The van der Waals surface area contributed by atoms with Gasteiger partial charge >= 0.3 is 0 Å². The molecule has 0 bridgehead atoms. The molecule has 1 unspecified atom stereocenters. The number of hydrogen-bond donors (Lipinski definition) is 0. The molecule has 1 rings (SSSR count). The van der Waals surface area contributed by atoms with Crippen molar-refractivity contribution in [3.8, 4) is 0 Å². The van der Waals surface area contributed by atoms with Crippen molar-refractivity contribution in [1.82, 2.24) is 9.97 Å². The molecule has 0 saturated heterocycles. The number of aromatic nitrogens is 2. The molecule has 0 aromatic carbocycles. The van der Waals surface area contributed by atoms with Crippen LogP contribution in [-0.4, -0.2) is 9.97 Å². The fourth-order valence-electron chi connectivity index (χ4n) is 1.31. The summed E-state index contributed by atoms with van der Waals surface area (Å²) in [6.45, 7) is 8.21. The zero-order valence-corrected chi connectivity index (χ0v) is 11.0. The van der Waals surface area contributed by atoms with E-state index in [1.165, 1.54) is 0 Å². The average Bonchev–Trinajstić information content (AvgIpc) is 2.14. The Labute approximate surface area is 101 Å². The molecule has 0 radical (unpaired) electrons. The lowest BCUT2D eigenvalue weighted by molar-refractivity contribution is 0.672. The van der Waals surface area contributed by atoms with Crippen molar-refractivity contribution in [2.24, 2.45) is 0 Å². The molecule has 0 saturated carbocycles. The van der Waals surface area contributed by atoms with Gasteiger partial charge in [-0.1, -0.05) is 50.9 Å². The van der Waals surface area contributed by atoms with Crippen LogP contribution in [0.15, 0.2) is 0 Å². The van der Waals surface area contributed by atoms with Crippen LogP contribution in [0.1, 0.15) is 57.3 Å². The first-order valence-corrected chi connectivity index (χ1v) is 5.95. The topological polar surface area (TPSA) is 25.8 Å². The quantitative estimate of drug-likeness (QED) is 0.739. The lowest BCUT2D eigenvalue weighted by Crippen LogP contribution is -2.04. The maximum Gasteiger partial charge on any atom is 0.137 e. The highest BCUT2D eigenvalue weighted by Gasteiger charge is 2.16. The molecule has 0 amide bonds. The van der Waals surface area contributed by atoms with Gasteiger partial charge in [0, 0.05) is 11.5 Å². The Morgan fingerprint density at radius 2 is 1.53 bits per heavy atom.